The van der Waals surface area contributed by atoms with E-state index in [1.54, 1.807) is 11.0 Å². The van der Waals surface area contributed by atoms with Crippen molar-refractivity contribution < 1.29 is 4.79 Å². The Morgan fingerprint density at radius 1 is 1.24 bits per heavy atom. The van der Waals surface area contributed by atoms with Gasteiger partial charge in [0.15, 0.2) is 0 Å². The number of aromatic nitrogens is 2. The van der Waals surface area contributed by atoms with Gasteiger partial charge >= 0.3 is 0 Å². The molecule has 0 bridgehead atoms. The molecule has 0 atom stereocenters. The van der Waals surface area contributed by atoms with Crippen molar-refractivity contribution in [3.63, 3.8) is 0 Å². The molecule has 1 amide bonds. The van der Waals surface area contributed by atoms with E-state index in [1.165, 1.54) is 0 Å². The van der Waals surface area contributed by atoms with Crippen LogP contribution < -0.4 is 10.2 Å². The van der Waals surface area contributed by atoms with E-state index in [0.717, 1.165) is 11.3 Å². The summed E-state index contributed by atoms with van der Waals surface area (Å²) in [6.07, 6.45) is 0. The Morgan fingerprint density at radius 2 is 1.81 bits per heavy atom. The summed E-state index contributed by atoms with van der Waals surface area (Å²) >= 11 is 13.0. The number of thiophene rings is 1. The highest BCUT2D eigenvalue weighted by molar-refractivity contribution is 7.20. The number of hydrogen-bond donors (Lipinski definition) is 1. The van der Waals surface area contributed by atoms with Gasteiger partial charge in [-0.1, -0.05) is 23.2 Å². The normalized spacial score (nSPS) is 10.6. The Hall–Kier alpha value is -1.37. The number of halogens is 2. The van der Waals surface area contributed by atoms with E-state index in [9.17, 15) is 4.79 Å². The van der Waals surface area contributed by atoms with Gasteiger partial charge in [-0.3, -0.25) is 4.79 Å². The average molecular weight is 345 g/mol. The minimum Gasteiger partial charge on any atom is -0.347 e. The highest BCUT2D eigenvalue weighted by atomic mass is 35.5. The summed E-state index contributed by atoms with van der Waals surface area (Å²) in [6, 6.07) is 1.55. The second-order valence-electron chi connectivity index (χ2n) is 4.66. The Morgan fingerprint density at radius 3 is 2.24 bits per heavy atom. The molecular formula is C13H14Cl2N4OS. The lowest BCUT2D eigenvalue weighted by Crippen LogP contribution is -2.18. The third-order valence-electron chi connectivity index (χ3n) is 2.80. The molecule has 0 aliphatic heterocycles. The van der Waals surface area contributed by atoms with Crippen molar-refractivity contribution in [2.24, 2.45) is 0 Å². The van der Waals surface area contributed by atoms with Crippen molar-refractivity contribution in [2.75, 3.05) is 24.3 Å². The first-order valence-electron chi connectivity index (χ1n) is 6.08. The minimum atomic E-state index is -0.324. The van der Waals surface area contributed by atoms with Crippen molar-refractivity contribution in [3.05, 3.63) is 31.7 Å². The molecule has 1 N–H and O–H groups in total. The van der Waals surface area contributed by atoms with Crippen LogP contribution in [0.3, 0.4) is 0 Å². The monoisotopic (exact) mass is 344 g/mol. The van der Waals surface area contributed by atoms with Crippen LogP contribution in [0.2, 0.25) is 8.67 Å². The number of carbonyl (C=O) groups is 1. The van der Waals surface area contributed by atoms with E-state index >= 15 is 0 Å². The van der Waals surface area contributed by atoms with E-state index in [0.29, 0.717) is 37.3 Å². The van der Waals surface area contributed by atoms with Crippen LogP contribution in [0.25, 0.3) is 0 Å². The van der Waals surface area contributed by atoms with Crippen LogP contribution in [-0.2, 0) is 0 Å². The molecule has 0 aromatic carbocycles. The predicted molar refractivity (Wildman–Crippen MR) is 88.1 cm³/mol. The first-order valence-corrected chi connectivity index (χ1v) is 7.65. The van der Waals surface area contributed by atoms with Gasteiger partial charge in [-0.2, -0.15) is 0 Å². The molecule has 0 radical (unpaired) electrons. The van der Waals surface area contributed by atoms with Crippen LogP contribution in [0.5, 0.6) is 0 Å². The highest BCUT2D eigenvalue weighted by Gasteiger charge is 2.17. The number of carbonyl (C=O) groups excluding carboxylic acids is 1. The summed E-state index contributed by atoms with van der Waals surface area (Å²) < 4.78 is 0.830. The number of aryl methyl sites for hydroxylation is 2. The molecule has 0 unspecified atom stereocenters. The predicted octanol–water partition coefficient (Wildman–Crippen LogP) is 3.78. The third-order valence-corrected chi connectivity index (χ3v) is 4.29. The second kappa shape index (κ2) is 6.17. The zero-order chi connectivity index (χ0) is 15.7. The largest absolute Gasteiger partial charge is 0.347 e. The lowest BCUT2D eigenvalue weighted by atomic mass is 10.2. The van der Waals surface area contributed by atoms with Gasteiger partial charge in [-0.05, 0) is 19.9 Å². The molecule has 0 fully saturated rings. The summed E-state index contributed by atoms with van der Waals surface area (Å²) in [6.45, 7) is 3.64. The summed E-state index contributed by atoms with van der Waals surface area (Å²) in [7, 11) is 3.72. The summed E-state index contributed by atoms with van der Waals surface area (Å²) in [5.74, 6) is 0.273. The van der Waals surface area contributed by atoms with E-state index in [4.69, 9.17) is 23.2 Å². The summed E-state index contributed by atoms with van der Waals surface area (Å²) in [5.41, 5.74) is 2.32. The van der Waals surface area contributed by atoms with Crippen LogP contribution in [0.1, 0.15) is 21.7 Å². The molecule has 2 rings (SSSR count). The van der Waals surface area contributed by atoms with Crippen molar-refractivity contribution in [3.8, 4) is 0 Å². The molecule has 0 saturated carbocycles. The van der Waals surface area contributed by atoms with E-state index in [-0.39, 0.29) is 5.91 Å². The Labute approximate surface area is 136 Å². The Kier molecular flexibility index (Phi) is 4.70. The smallest absolute Gasteiger partial charge is 0.258 e. The maximum absolute atomic E-state index is 12.3. The van der Waals surface area contributed by atoms with Gasteiger partial charge in [0.2, 0.25) is 5.95 Å². The van der Waals surface area contributed by atoms with Gasteiger partial charge < -0.3 is 10.2 Å². The number of anilines is 2. The lowest BCUT2D eigenvalue weighted by molar-refractivity contribution is 0.102. The third kappa shape index (κ3) is 3.45. The minimum absolute atomic E-state index is 0.324. The first kappa shape index (κ1) is 16.0. The van der Waals surface area contributed by atoms with Gasteiger partial charge in [0.1, 0.15) is 4.34 Å². The van der Waals surface area contributed by atoms with E-state index < -0.39 is 0 Å². The zero-order valence-corrected chi connectivity index (χ0v) is 14.3. The number of nitrogens with zero attached hydrogens (tertiary/aromatic N) is 3. The van der Waals surface area contributed by atoms with Crippen molar-refractivity contribution >= 4 is 52.1 Å². The SMILES string of the molecule is Cc1nc(N(C)C)nc(C)c1NC(=O)c1cc(Cl)sc1Cl. The summed E-state index contributed by atoms with van der Waals surface area (Å²) in [5, 5.41) is 2.80. The molecular weight excluding hydrogens is 331 g/mol. The van der Waals surface area contributed by atoms with Gasteiger partial charge in [0.25, 0.3) is 5.91 Å². The number of amides is 1. The topological polar surface area (TPSA) is 58.1 Å². The highest BCUT2D eigenvalue weighted by Crippen LogP contribution is 2.32. The fourth-order valence-electron chi connectivity index (χ4n) is 1.76. The van der Waals surface area contributed by atoms with Crippen molar-refractivity contribution in [1.82, 2.24) is 9.97 Å². The molecule has 5 nitrogen and oxygen atoms in total. The van der Waals surface area contributed by atoms with Gasteiger partial charge in [0, 0.05) is 14.1 Å². The molecule has 2 aromatic heterocycles. The molecule has 8 heteroatoms. The van der Waals surface area contributed by atoms with E-state index in [1.807, 2.05) is 27.9 Å². The lowest BCUT2D eigenvalue weighted by Gasteiger charge is -2.15. The van der Waals surface area contributed by atoms with Crippen molar-refractivity contribution in [1.29, 1.82) is 0 Å². The molecule has 2 heterocycles. The van der Waals surface area contributed by atoms with Gasteiger partial charge in [0.05, 0.1) is 27.0 Å². The molecule has 2 aromatic rings. The quantitative estimate of drug-likeness (QED) is 0.920. The number of rotatable bonds is 3. The maximum Gasteiger partial charge on any atom is 0.258 e. The van der Waals surface area contributed by atoms with Gasteiger partial charge in [-0.15, -0.1) is 11.3 Å². The fourth-order valence-corrected chi connectivity index (χ4v) is 3.21. The van der Waals surface area contributed by atoms with Crippen LogP contribution in [0, 0.1) is 13.8 Å². The van der Waals surface area contributed by atoms with Crippen LogP contribution >= 0.6 is 34.5 Å². The van der Waals surface area contributed by atoms with Crippen LogP contribution in [0.15, 0.2) is 6.07 Å². The standard InChI is InChI=1S/C13H14Cl2N4OS/c1-6-10(7(2)17-13(16-6)19(3)4)18-12(20)8-5-9(14)21-11(8)15/h5H,1-4H3,(H,18,20). The fraction of sp³-hybridized carbons (Fsp3) is 0.308. The molecule has 112 valence electrons. The Bertz CT molecular complexity index is 676. The number of nitrogens with one attached hydrogen (secondary N) is 1. The molecule has 0 saturated heterocycles. The zero-order valence-electron chi connectivity index (χ0n) is 12.0. The molecule has 21 heavy (non-hydrogen) atoms. The van der Waals surface area contributed by atoms with Gasteiger partial charge in [-0.25, -0.2) is 9.97 Å². The second-order valence-corrected chi connectivity index (χ2v) is 6.94. The molecule has 0 spiro atoms. The molecule has 0 aliphatic rings. The Balaban J connectivity index is 2.32. The molecule has 0 aliphatic carbocycles. The van der Waals surface area contributed by atoms with Crippen molar-refractivity contribution in [2.45, 2.75) is 13.8 Å². The number of hydrogen-bond acceptors (Lipinski definition) is 5. The van der Waals surface area contributed by atoms with E-state index in [2.05, 4.69) is 15.3 Å². The maximum atomic E-state index is 12.3. The van der Waals surface area contributed by atoms with Crippen LogP contribution in [-0.4, -0.2) is 30.0 Å². The summed E-state index contributed by atoms with van der Waals surface area (Å²) in [4.78, 5) is 22.8. The average Bonchev–Trinajstić information content (AvgIpc) is 2.72. The van der Waals surface area contributed by atoms with Crippen LogP contribution in [0.4, 0.5) is 11.6 Å². The first-order chi connectivity index (χ1) is 9.79.